The van der Waals surface area contributed by atoms with E-state index in [1.54, 1.807) is 0 Å². The molecule has 3 aliphatic rings. The number of fused-ring (bicyclic) bond motifs is 4. The van der Waals surface area contributed by atoms with Crippen molar-refractivity contribution in [3.05, 3.63) is 35.8 Å². The average Bonchev–Trinajstić information content (AvgIpc) is 3.53. The fraction of sp³-hybridized carbons (Fsp3) is 0.500. The van der Waals surface area contributed by atoms with Gasteiger partial charge in [0.1, 0.15) is 22.9 Å². The predicted molar refractivity (Wildman–Crippen MR) is 122 cm³/mol. The summed E-state index contributed by atoms with van der Waals surface area (Å²) in [6.07, 6.45) is 2.29. The van der Waals surface area contributed by atoms with Crippen LogP contribution in [-0.4, -0.2) is 66.1 Å². The molecule has 174 valence electrons. The van der Waals surface area contributed by atoms with E-state index in [4.69, 9.17) is 25.2 Å². The van der Waals surface area contributed by atoms with Crippen LogP contribution < -0.4 is 15.4 Å². The van der Waals surface area contributed by atoms with Crippen molar-refractivity contribution in [1.82, 2.24) is 19.5 Å². The first-order valence-corrected chi connectivity index (χ1v) is 13.0. The Morgan fingerprint density at radius 3 is 2.67 bits per heavy atom. The van der Waals surface area contributed by atoms with Crippen molar-refractivity contribution in [3.63, 3.8) is 0 Å². The summed E-state index contributed by atoms with van der Waals surface area (Å²) in [6.45, 7) is 3.75. The first kappa shape index (κ1) is 20.8. The molecule has 3 aromatic rings. The van der Waals surface area contributed by atoms with E-state index >= 15 is 0 Å². The normalized spacial score (nSPS) is 23.7. The number of hydrogen-bond donors (Lipinski definition) is 1. The van der Waals surface area contributed by atoms with Crippen molar-refractivity contribution >= 4 is 26.7 Å². The molecule has 2 atom stereocenters. The molecule has 1 aliphatic carbocycles. The fourth-order valence-corrected chi connectivity index (χ4v) is 6.39. The van der Waals surface area contributed by atoms with Crippen molar-refractivity contribution in [3.8, 4) is 11.7 Å². The van der Waals surface area contributed by atoms with Gasteiger partial charge in [-0.3, -0.25) is 4.57 Å². The highest BCUT2D eigenvalue weighted by Gasteiger charge is 2.58. The van der Waals surface area contributed by atoms with Gasteiger partial charge in [0.15, 0.2) is 21.4 Å². The molecule has 0 radical (unpaired) electrons. The maximum Gasteiger partial charge on any atom is 0.238 e. The Labute approximate surface area is 191 Å². The van der Waals surface area contributed by atoms with Gasteiger partial charge in [-0.1, -0.05) is 12.1 Å². The predicted octanol–water partition coefficient (Wildman–Crippen LogP) is 1.29. The second kappa shape index (κ2) is 7.12. The molecule has 0 amide bonds. The molecule has 2 unspecified atom stereocenters. The van der Waals surface area contributed by atoms with Gasteiger partial charge < -0.3 is 20.1 Å². The summed E-state index contributed by atoms with van der Waals surface area (Å²) < 4.78 is 38.4. The first-order valence-electron chi connectivity index (χ1n) is 11.1. The number of ether oxygens (including phenoxy) is 2. The molecule has 4 heterocycles. The van der Waals surface area contributed by atoms with Crippen LogP contribution in [0.5, 0.6) is 5.75 Å². The molecular weight excluding hydrogens is 444 g/mol. The molecule has 2 aromatic heterocycles. The van der Waals surface area contributed by atoms with Crippen LogP contribution in [0.1, 0.15) is 31.3 Å². The Kier molecular flexibility index (Phi) is 4.49. The Bertz CT molecular complexity index is 1370. The van der Waals surface area contributed by atoms with Crippen molar-refractivity contribution < 1.29 is 17.9 Å². The minimum atomic E-state index is -3.43. The quantitative estimate of drug-likeness (QED) is 0.600. The number of aromatic nitrogens is 4. The summed E-state index contributed by atoms with van der Waals surface area (Å²) in [5.74, 6) is 2.04. The molecule has 6 rings (SSSR count). The van der Waals surface area contributed by atoms with E-state index < -0.39 is 14.6 Å². The maximum absolute atomic E-state index is 12.9. The zero-order valence-corrected chi connectivity index (χ0v) is 19.4. The van der Waals surface area contributed by atoms with E-state index in [1.165, 1.54) is 6.26 Å². The number of rotatable bonds is 4. The van der Waals surface area contributed by atoms with Gasteiger partial charge in [0.05, 0.1) is 42.9 Å². The molecule has 0 spiro atoms. The van der Waals surface area contributed by atoms with Gasteiger partial charge in [-0.05, 0) is 31.9 Å². The Morgan fingerprint density at radius 1 is 1.15 bits per heavy atom. The van der Waals surface area contributed by atoms with Gasteiger partial charge in [0, 0.05) is 6.26 Å². The number of morpholine rings is 1. The summed E-state index contributed by atoms with van der Waals surface area (Å²) in [5.41, 5.74) is 8.06. The molecule has 1 saturated carbocycles. The van der Waals surface area contributed by atoms with Crippen molar-refractivity contribution in [2.24, 2.45) is 5.73 Å². The minimum absolute atomic E-state index is 0.00116. The van der Waals surface area contributed by atoms with Gasteiger partial charge >= 0.3 is 0 Å². The molecule has 1 saturated heterocycles. The van der Waals surface area contributed by atoms with Crippen LogP contribution in [0.2, 0.25) is 0 Å². The number of hydrogen-bond acceptors (Lipinski definition) is 9. The molecule has 1 aromatic carbocycles. The van der Waals surface area contributed by atoms with E-state index in [0.29, 0.717) is 61.7 Å². The van der Waals surface area contributed by atoms with Crippen molar-refractivity contribution in [2.75, 3.05) is 31.0 Å². The minimum Gasteiger partial charge on any atom is -0.486 e. The summed E-state index contributed by atoms with van der Waals surface area (Å²) in [6, 6.07) is 7.73. The molecule has 11 heteroatoms. The fourth-order valence-electron chi connectivity index (χ4n) is 5.06. The second-order valence-electron chi connectivity index (χ2n) is 9.11. The van der Waals surface area contributed by atoms with Crippen LogP contribution in [0.15, 0.2) is 24.3 Å². The van der Waals surface area contributed by atoms with Crippen LogP contribution in [-0.2, 0) is 25.9 Å². The maximum atomic E-state index is 12.9. The van der Waals surface area contributed by atoms with E-state index in [1.807, 2.05) is 28.8 Å². The number of imidazole rings is 1. The molecule has 33 heavy (non-hydrogen) atoms. The molecule has 0 bridgehead atoms. The van der Waals surface area contributed by atoms with Crippen LogP contribution in [0.3, 0.4) is 0 Å². The van der Waals surface area contributed by atoms with E-state index in [-0.39, 0.29) is 18.6 Å². The lowest BCUT2D eigenvalue weighted by molar-refractivity contribution is 0.0483. The van der Waals surface area contributed by atoms with E-state index in [2.05, 4.69) is 16.8 Å². The zero-order valence-electron chi connectivity index (χ0n) is 18.6. The van der Waals surface area contributed by atoms with Gasteiger partial charge in [-0.25, -0.2) is 18.4 Å². The lowest BCUT2D eigenvalue weighted by Gasteiger charge is -2.45. The Hall–Kier alpha value is -2.76. The third-order valence-electron chi connectivity index (χ3n) is 6.90. The van der Waals surface area contributed by atoms with E-state index in [0.717, 1.165) is 11.0 Å². The molecule has 2 fully saturated rings. The second-order valence-corrected chi connectivity index (χ2v) is 11.4. The SMILES string of the molecule is CC1COCC2COc3c(nc(-n4c(CN)nc5ccccc54)nc3C3(S(C)(=O)=O)CC3)N12. The van der Waals surface area contributed by atoms with Gasteiger partial charge in [0.25, 0.3) is 0 Å². The van der Waals surface area contributed by atoms with Crippen LogP contribution >= 0.6 is 0 Å². The van der Waals surface area contributed by atoms with Crippen molar-refractivity contribution in [1.29, 1.82) is 0 Å². The summed E-state index contributed by atoms with van der Waals surface area (Å²) in [4.78, 5) is 16.6. The number of anilines is 1. The number of para-hydroxylation sites is 2. The molecule has 10 nitrogen and oxygen atoms in total. The largest absolute Gasteiger partial charge is 0.486 e. The lowest BCUT2D eigenvalue weighted by atomic mass is 10.1. The van der Waals surface area contributed by atoms with Crippen LogP contribution in [0, 0.1) is 0 Å². The Morgan fingerprint density at radius 2 is 1.94 bits per heavy atom. The monoisotopic (exact) mass is 470 g/mol. The summed E-state index contributed by atoms with van der Waals surface area (Å²) in [5, 5.41) is 0. The van der Waals surface area contributed by atoms with Gasteiger partial charge in [-0.2, -0.15) is 4.98 Å². The summed E-state index contributed by atoms with van der Waals surface area (Å²) >= 11 is 0. The topological polar surface area (TPSA) is 125 Å². The number of nitrogens with zero attached hydrogens (tertiary/aromatic N) is 5. The average molecular weight is 471 g/mol. The molecule has 2 N–H and O–H groups in total. The highest BCUT2D eigenvalue weighted by molar-refractivity contribution is 7.92. The molecule has 2 aliphatic heterocycles. The van der Waals surface area contributed by atoms with Crippen LogP contribution in [0.25, 0.3) is 17.0 Å². The zero-order chi connectivity index (χ0) is 23.0. The van der Waals surface area contributed by atoms with Crippen LogP contribution in [0.4, 0.5) is 5.82 Å². The highest BCUT2D eigenvalue weighted by Crippen LogP contribution is 2.56. The standard InChI is InChI=1S/C22H26N6O4S/c1-13-10-31-11-14-12-32-18-19(22(7-8-22)33(2,29)30)25-21(26-20(18)27(13)14)28-16-6-4-3-5-15(16)24-17(28)9-23/h3-6,13-14H,7-12,23H2,1-2H3. The first-order chi connectivity index (χ1) is 15.8. The smallest absolute Gasteiger partial charge is 0.238 e. The highest BCUT2D eigenvalue weighted by atomic mass is 32.2. The van der Waals surface area contributed by atoms with Gasteiger partial charge in [-0.15, -0.1) is 0 Å². The lowest BCUT2D eigenvalue weighted by Crippen LogP contribution is -2.56. The molecular formula is C22H26N6O4S. The van der Waals surface area contributed by atoms with E-state index in [9.17, 15) is 8.42 Å². The Balaban J connectivity index is 1.65. The third kappa shape index (κ3) is 2.99. The number of nitrogens with two attached hydrogens (primary N) is 1. The van der Waals surface area contributed by atoms with Crippen molar-refractivity contribution in [2.45, 2.75) is 43.1 Å². The number of sulfone groups is 1. The third-order valence-corrected chi connectivity index (χ3v) is 8.92. The van der Waals surface area contributed by atoms with Gasteiger partial charge in [0.2, 0.25) is 5.95 Å². The number of benzene rings is 1. The summed E-state index contributed by atoms with van der Waals surface area (Å²) in [7, 11) is -3.43.